The molecule has 0 saturated carbocycles. The van der Waals surface area contributed by atoms with Gasteiger partial charge in [-0.05, 0) is 20.8 Å². The Morgan fingerprint density at radius 3 is 2.81 bits per heavy atom. The Hall–Kier alpha value is -1.10. The summed E-state index contributed by atoms with van der Waals surface area (Å²) in [4.78, 5) is 25.0. The molecule has 92 valence electrons. The van der Waals surface area contributed by atoms with Crippen LogP contribution in [0, 0.1) is 0 Å². The van der Waals surface area contributed by atoms with Gasteiger partial charge in [-0.3, -0.25) is 9.59 Å². The van der Waals surface area contributed by atoms with Gasteiger partial charge in [0, 0.05) is 19.1 Å². The summed E-state index contributed by atoms with van der Waals surface area (Å²) in [7, 11) is 1.36. The summed E-state index contributed by atoms with van der Waals surface area (Å²) in [6, 6.07) is -0.110. The third-order valence-electron chi connectivity index (χ3n) is 2.94. The van der Waals surface area contributed by atoms with E-state index in [4.69, 9.17) is 0 Å². The van der Waals surface area contributed by atoms with Crippen molar-refractivity contribution in [3.63, 3.8) is 0 Å². The molecule has 1 fully saturated rings. The molecule has 1 atom stereocenters. The Labute approximate surface area is 96.1 Å². The number of amides is 1. The van der Waals surface area contributed by atoms with Crippen molar-refractivity contribution in [3.05, 3.63) is 0 Å². The average molecular weight is 228 g/mol. The Morgan fingerprint density at radius 1 is 1.62 bits per heavy atom. The predicted molar refractivity (Wildman–Crippen MR) is 59.9 cm³/mol. The predicted octanol–water partition coefficient (Wildman–Crippen LogP) is 0.148. The number of hydrogen-bond acceptors (Lipinski definition) is 4. The number of carbonyl (C=O) groups excluding carboxylic acids is 2. The van der Waals surface area contributed by atoms with E-state index in [2.05, 4.69) is 10.1 Å². The van der Waals surface area contributed by atoms with Crippen LogP contribution in [0.3, 0.4) is 0 Å². The van der Waals surface area contributed by atoms with Crippen LogP contribution in [0.1, 0.15) is 27.2 Å². The van der Waals surface area contributed by atoms with E-state index in [1.54, 1.807) is 4.90 Å². The quantitative estimate of drug-likeness (QED) is 0.698. The van der Waals surface area contributed by atoms with Gasteiger partial charge in [0.25, 0.3) is 0 Å². The van der Waals surface area contributed by atoms with Gasteiger partial charge in [0.2, 0.25) is 5.91 Å². The van der Waals surface area contributed by atoms with Gasteiger partial charge in [0.15, 0.2) is 0 Å². The smallest absolute Gasteiger partial charge is 0.307 e. The van der Waals surface area contributed by atoms with E-state index in [-0.39, 0.29) is 24.3 Å². The largest absolute Gasteiger partial charge is 0.469 e. The molecule has 1 rings (SSSR count). The summed E-state index contributed by atoms with van der Waals surface area (Å²) < 4.78 is 4.61. The molecular formula is C11H20N2O3. The van der Waals surface area contributed by atoms with Crippen molar-refractivity contribution < 1.29 is 14.3 Å². The number of ether oxygens (including phenoxy) is 1. The molecule has 0 aromatic rings. The minimum absolute atomic E-state index is 0.0372. The van der Waals surface area contributed by atoms with Gasteiger partial charge in [-0.25, -0.2) is 0 Å². The number of nitrogens with one attached hydrogen (secondary N) is 1. The zero-order valence-corrected chi connectivity index (χ0v) is 10.4. The first-order valence-electron chi connectivity index (χ1n) is 5.51. The van der Waals surface area contributed by atoms with Crippen LogP contribution in [-0.4, -0.2) is 48.6 Å². The molecule has 16 heavy (non-hydrogen) atoms. The van der Waals surface area contributed by atoms with Crippen LogP contribution in [0.15, 0.2) is 0 Å². The summed E-state index contributed by atoms with van der Waals surface area (Å²) in [5, 5.41) is 3.15. The Balaban J connectivity index is 2.65. The second-order valence-corrected chi connectivity index (χ2v) is 4.68. The summed E-state index contributed by atoms with van der Waals surface area (Å²) in [6.07, 6.45) is 0.248. The maximum absolute atomic E-state index is 12.1. The van der Waals surface area contributed by atoms with Gasteiger partial charge in [0.1, 0.15) is 0 Å². The number of piperazine rings is 1. The number of hydrogen-bond donors (Lipinski definition) is 1. The first kappa shape index (κ1) is 13.0. The van der Waals surface area contributed by atoms with Crippen molar-refractivity contribution in [1.29, 1.82) is 0 Å². The van der Waals surface area contributed by atoms with E-state index in [1.807, 2.05) is 20.8 Å². The fourth-order valence-electron chi connectivity index (χ4n) is 1.88. The van der Waals surface area contributed by atoms with E-state index in [9.17, 15) is 9.59 Å². The molecule has 1 unspecified atom stereocenters. The van der Waals surface area contributed by atoms with Crippen molar-refractivity contribution in [2.24, 2.45) is 0 Å². The molecule has 1 heterocycles. The van der Waals surface area contributed by atoms with Crippen LogP contribution >= 0.6 is 0 Å². The molecule has 0 aromatic heterocycles. The summed E-state index contributed by atoms with van der Waals surface area (Å²) in [5.41, 5.74) is -0.539. The van der Waals surface area contributed by atoms with Gasteiger partial charge >= 0.3 is 5.97 Å². The highest BCUT2D eigenvalue weighted by molar-refractivity contribution is 5.87. The van der Waals surface area contributed by atoms with Crippen molar-refractivity contribution in [2.75, 3.05) is 20.2 Å². The molecule has 1 N–H and O–H groups in total. The third kappa shape index (κ3) is 2.72. The molecule has 1 saturated heterocycles. The monoisotopic (exact) mass is 228 g/mol. The molecule has 1 aliphatic heterocycles. The number of nitrogens with zero attached hydrogens (tertiary/aromatic N) is 1. The van der Waals surface area contributed by atoms with Crippen molar-refractivity contribution in [3.8, 4) is 0 Å². The summed E-state index contributed by atoms with van der Waals surface area (Å²) >= 11 is 0. The highest BCUT2D eigenvalue weighted by atomic mass is 16.5. The molecule has 1 amide bonds. The second-order valence-electron chi connectivity index (χ2n) is 4.68. The van der Waals surface area contributed by atoms with Crippen LogP contribution in [-0.2, 0) is 14.3 Å². The highest BCUT2D eigenvalue weighted by Gasteiger charge is 2.37. The van der Waals surface area contributed by atoms with Crippen LogP contribution in [0.4, 0.5) is 0 Å². The lowest BCUT2D eigenvalue weighted by atomic mass is 9.99. The summed E-state index contributed by atoms with van der Waals surface area (Å²) in [5.74, 6) is -0.244. The lowest BCUT2D eigenvalue weighted by Crippen LogP contribution is -2.63. The van der Waals surface area contributed by atoms with Crippen LogP contribution in [0.5, 0.6) is 0 Å². The van der Waals surface area contributed by atoms with Crippen LogP contribution < -0.4 is 5.32 Å². The first-order chi connectivity index (χ1) is 7.38. The van der Waals surface area contributed by atoms with E-state index in [1.165, 1.54) is 7.11 Å². The number of esters is 1. The van der Waals surface area contributed by atoms with Gasteiger partial charge in [-0.1, -0.05) is 0 Å². The molecule has 5 nitrogen and oxygen atoms in total. The van der Waals surface area contributed by atoms with E-state index in [0.29, 0.717) is 6.54 Å². The fraction of sp³-hybridized carbons (Fsp3) is 0.818. The Bertz CT molecular complexity index is 289. The minimum Gasteiger partial charge on any atom is -0.469 e. The molecule has 5 heteroatoms. The summed E-state index contributed by atoms with van der Waals surface area (Å²) in [6.45, 7) is 6.97. The van der Waals surface area contributed by atoms with Gasteiger partial charge in [0.05, 0.1) is 19.1 Å². The fourth-order valence-corrected chi connectivity index (χ4v) is 1.88. The average Bonchev–Trinajstić information content (AvgIpc) is 2.21. The number of methoxy groups -OCH3 is 1. The molecule has 0 bridgehead atoms. The van der Waals surface area contributed by atoms with E-state index < -0.39 is 5.54 Å². The number of carbonyl (C=O) groups is 2. The van der Waals surface area contributed by atoms with Gasteiger partial charge < -0.3 is 15.0 Å². The third-order valence-corrected chi connectivity index (χ3v) is 2.94. The molecule has 0 aliphatic carbocycles. The number of rotatable bonds is 3. The van der Waals surface area contributed by atoms with Crippen LogP contribution in [0.2, 0.25) is 0 Å². The van der Waals surface area contributed by atoms with Crippen molar-refractivity contribution >= 4 is 11.9 Å². The maximum Gasteiger partial charge on any atom is 0.307 e. The van der Waals surface area contributed by atoms with Crippen molar-refractivity contribution in [2.45, 2.75) is 38.8 Å². The molecule has 0 spiro atoms. The van der Waals surface area contributed by atoms with E-state index >= 15 is 0 Å². The standard InChI is InChI=1S/C11H20N2O3/c1-8(7-9(14)16-4)13-6-5-12-11(2,3)10(13)15/h8,12H,5-7H2,1-4H3. The topological polar surface area (TPSA) is 58.6 Å². The molecule has 0 radical (unpaired) electrons. The molecule has 0 aromatic carbocycles. The zero-order chi connectivity index (χ0) is 12.3. The first-order valence-corrected chi connectivity index (χ1v) is 5.51. The highest BCUT2D eigenvalue weighted by Crippen LogP contribution is 2.16. The lowest BCUT2D eigenvalue weighted by molar-refractivity contribution is -0.146. The molecule has 1 aliphatic rings. The Kier molecular flexibility index (Phi) is 3.91. The Morgan fingerprint density at radius 2 is 2.25 bits per heavy atom. The lowest BCUT2D eigenvalue weighted by Gasteiger charge is -2.41. The zero-order valence-electron chi connectivity index (χ0n) is 10.4. The maximum atomic E-state index is 12.1. The van der Waals surface area contributed by atoms with Crippen LogP contribution in [0.25, 0.3) is 0 Å². The van der Waals surface area contributed by atoms with Gasteiger partial charge in [-0.2, -0.15) is 0 Å². The normalized spacial score (nSPS) is 21.8. The van der Waals surface area contributed by atoms with Gasteiger partial charge in [-0.15, -0.1) is 0 Å². The molecular weight excluding hydrogens is 208 g/mol. The van der Waals surface area contributed by atoms with Crippen molar-refractivity contribution in [1.82, 2.24) is 10.2 Å². The minimum atomic E-state index is -0.539. The second kappa shape index (κ2) is 4.82. The van der Waals surface area contributed by atoms with E-state index in [0.717, 1.165) is 6.54 Å². The SMILES string of the molecule is COC(=O)CC(C)N1CCNC(C)(C)C1=O.